The van der Waals surface area contributed by atoms with E-state index in [0.29, 0.717) is 31.0 Å². The van der Waals surface area contributed by atoms with Gasteiger partial charge < -0.3 is 9.80 Å². The van der Waals surface area contributed by atoms with Crippen LogP contribution in [0.5, 0.6) is 0 Å². The van der Waals surface area contributed by atoms with Gasteiger partial charge >= 0.3 is 0 Å². The van der Waals surface area contributed by atoms with Gasteiger partial charge in [-0.25, -0.2) is 19.0 Å². The number of fused-ring (bicyclic) bond motifs is 1. The first-order valence-electron chi connectivity index (χ1n) is 12.8. The van der Waals surface area contributed by atoms with Crippen molar-refractivity contribution in [2.45, 2.75) is 40.5 Å². The number of anilines is 1. The van der Waals surface area contributed by atoms with Crippen molar-refractivity contribution in [1.29, 1.82) is 0 Å². The van der Waals surface area contributed by atoms with Crippen molar-refractivity contribution in [3.8, 4) is 5.69 Å². The summed E-state index contributed by atoms with van der Waals surface area (Å²) in [6.07, 6.45) is 1.44. The summed E-state index contributed by atoms with van der Waals surface area (Å²) in [5.74, 6) is 1.42. The molecular formula is C29H33FN6O. The van der Waals surface area contributed by atoms with E-state index >= 15 is 0 Å². The standard InChI is InChI=1S/C29H33FN6O/c1-20-25-26(34-15-8-16-35(18-17-34)28(37)29(2,3)4)31-24(19-21-9-6-5-7-10-21)32-27(25)36(33-20)23-13-11-22(30)12-14-23/h5-7,9-14H,8,15-19H2,1-4H3. The van der Waals surface area contributed by atoms with Gasteiger partial charge in [0.05, 0.1) is 16.8 Å². The SMILES string of the molecule is Cc1nn(-c2ccc(F)cc2)c2nc(Cc3ccccc3)nc(N3CCCN(C(=O)C(C)(C)C)CC3)c12. The van der Waals surface area contributed by atoms with Gasteiger partial charge in [-0.1, -0.05) is 51.1 Å². The third-order valence-corrected chi connectivity index (χ3v) is 6.73. The molecule has 2 aromatic carbocycles. The molecule has 0 aliphatic carbocycles. The van der Waals surface area contributed by atoms with Gasteiger partial charge in [0.1, 0.15) is 17.5 Å². The number of benzene rings is 2. The molecule has 0 unspecified atom stereocenters. The van der Waals surface area contributed by atoms with Gasteiger partial charge in [-0.3, -0.25) is 4.79 Å². The molecule has 2 aromatic heterocycles. The molecule has 8 heteroatoms. The Morgan fingerprint density at radius 1 is 0.946 bits per heavy atom. The van der Waals surface area contributed by atoms with Gasteiger partial charge in [0.25, 0.3) is 0 Å². The van der Waals surface area contributed by atoms with Crippen molar-refractivity contribution in [3.05, 3.63) is 77.5 Å². The van der Waals surface area contributed by atoms with E-state index in [2.05, 4.69) is 17.0 Å². The molecule has 0 spiro atoms. The molecule has 5 rings (SSSR count). The summed E-state index contributed by atoms with van der Waals surface area (Å²) in [5.41, 5.74) is 2.97. The zero-order chi connectivity index (χ0) is 26.2. The molecule has 3 heterocycles. The molecule has 7 nitrogen and oxygen atoms in total. The highest BCUT2D eigenvalue weighted by Crippen LogP contribution is 2.31. The summed E-state index contributed by atoms with van der Waals surface area (Å²) in [7, 11) is 0. The van der Waals surface area contributed by atoms with E-state index < -0.39 is 5.41 Å². The minimum absolute atomic E-state index is 0.173. The number of halogens is 1. The summed E-state index contributed by atoms with van der Waals surface area (Å²) in [5, 5.41) is 5.68. The predicted molar refractivity (Wildman–Crippen MR) is 143 cm³/mol. The lowest BCUT2D eigenvalue weighted by molar-refractivity contribution is -0.139. The fourth-order valence-corrected chi connectivity index (χ4v) is 4.86. The lowest BCUT2D eigenvalue weighted by Crippen LogP contribution is -2.41. The Bertz CT molecular complexity index is 1410. The zero-order valence-corrected chi connectivity index (χ0v) is 21.9. The fourth-order valence-electron chi connectivity index (χ4n) is 4.86. The van der Waals surface area contributed by atoms with Gasteiger partial charge in [0.2, 0.25) is 5.91 Å². The number of aryl methyl sites for hydroxylation is 1. The van der Waals surface area contributed by atoms with Crippen molar-refractivity contribution in [1.82, 2.24) is 24.6 Å². The largest absolute Gasteiger partial charge is 0.354 e. The Balaban J connectivity index is 1.58. The number of amides is 1. The molecule has 0 atom stereocenters. The van der Waals surface area contributed by atoms with Crippen molar-refractivity contribution in [2.24, 2.45) is 5.41 Å². The third-order valence-electron chi connectivity index (χ3n) is 6.73. The van der Waals surface area contributed by atoms with Gasteiger partial charge in [-0.2, -0.15) is 5.10 Å². The van der Waals surface area contributed by atoms with Crippen LogP contribution in [0.2, 0.25) is 0 Å². The minimum Gasteiger partial charge on any atom is -0.354 e. The molecule has 0 radical (unpaired) electrons. The normalized spacial score (nSPS) is 14.7. The van der Waals surface area contributed by atoms with E-state index in [1.807, 2.05) is 50.8 Å². The Labute approximate surface area is 216 Å². The van der Waals surface area contributed by atoms with Crippen LogP contribution in [0.3, 0.4) is 0 Å². The van der Waals surface area contributed by atoms with Crippen molar-refractivity contribution in [2.75, 3.05) is 31.1 Å². The van der Waals surface area contributed by atoms with Gasteiger partial charge in [-0.15, -0.1) is 0 Å². The van der Waals surface area contributed by atoms with Crippen molar-refractivity contribution in [3.63, 3.8) is 0 Å². The number of carbonyl (C=O) groups is 1. The van der Waals surface area contributed by atoms with E-state index in [1.165, 1.54) is 12.1 Å². The molecule has 37 heavy (non-hydrogen) atoms. The third kappa shape index (κ3) is 5.19. The first kappa shape index (κ1) is 24.9. The molecule has 0 saturated carbocycles. The first-order valence-corrected chi connectivity index (χ1v) is 12.8. The molecule has 1 aliphatic rings. The molecule has 1 amide bonds. The van der Waals surface area contributed by atoms with Crippen LogP contribution in [0.1, 0.15) is 44.3 Å². The van der Waals surface area contributed by atoms with Gasteiger partial charge in [0.15, 0.2) is 5.65 Å². The van der Waals surface area contributed by atoms with Gasteiger partial charge in [-0.05, 0) is 43.2 Å². The summed E-state index contributed by atoms with van der Waals surface area (Å²) >= 11 is 0. The Morgan fingerprint density at radius 3 is 2.38 bits per heavy atom. The number of carbonyl (C=O) groups excluding carboxylic acids is 1. The molecule has 0 N–H and O–H groups in total. The predicted octanol–water partition coefficient (Wildman–Crippen LogP) is 4.94. The lowest BCUT2D eigenvalue weighted by atomic mass is 9.94. The van der Waals surface area contributed by atoms with E-state index in [4.69, 9.17) is 15.1 Å². The number of aromatic nitrogens is 4. The average Bonchev–Trinajstić information content (AvgIpc) is 3.04. The quantitative estimate of drug-likeness (QED) is 0.397. The first-order chi connectivity index (χ1) is 17.7. The monoisotopic (exact) mass is 500 g/mol. The van der Waals surface area contributed by atoms with Crippen LogP contribution >= 0.6 is 0 Å². The highest BCUT2D eigenvalue weighted by Gasteiger charge is 2.30. The molecule has 4 aromatic rings. The smallest absolute Gasteiger partial charge is 0.228 e. The summed E-state index contributed by atoms with van der Waals surface area (Å²) in [6, 6.07) is 16.4. The Hall–Kier alpha value is -3.81. The van der Waals surface area contributed by atoms with Crippen LogP contribution < -0.4 is 4.90 Å². The van der Waals surface area contributed by atoms with Crippen LogP contribution in [0, 0.1) is 18.2 Å². The minimum atomic E-state index is -0.410. The molecule has 0 bridgehead atoms. The maximum Gasteiger partial charge on any atom is 0.228 e. The second-order valence-corrected chi connectivity index (χ2v) is 10.7. The lowest BCUT2D eigenvalue weighted by Gasteiger charge is -2.28. The molecule has 1 fully saturated rings. The van der Waals surface area contributed by atoms with Crippen LogP contribution in [0.15, 0.2) is 54.6 Å². The van der Waals surface area contributed by atoms with E-state index in [9.17, 15) is 9.18 Å². The molecule has 1 aliphatic heterocycles. The summed E-state index contributed by atoms with van der Waals surface area (Å²) < 4.78 is 15.4. The fraction of sp³-hybridized carbons (Fsp3) is 0.379. The van der Waals surface area contributed by atoms with Crippen LogP contribution in [-0.4, -0.2) is 56.7 Å². The Kier molecular flexibility index (Phi) is 6.67. The number of hydrogen-bond acceptors (Lipinski definition) is 5. The summed E-state index contributed by atoms with van der Waals surface area (Å²) in [4.78, 5) is 27.2. The van der Waals surface area contributed by atoms with Crippen LogP contribution in [0.25, 0.3) is 16.7 Å². The van der Waals surface area contributed by atoms with Gasteiger partial charge in [0, 0.05) is 38.0 Å². The van der Waals surface area contributed by atoms with E-state index in [1.54, 1.807) is 16.8 Å². The van der Waals surface area contributed by atoms with Crippen molar-refractivity contribution < 1.29 is 9.18 Å². The molecule has 192 valence electrons. The maximum absolute atomic E-state index is 13.6. The summed E-state index contributed by atoms with van der Waals surface area (Å²) in [6.45, 7) is 10.7. The average molecular weight is 501 g/mol. The maximum atomic E-state index is 13.6. The van der Waals surface area contributed by atoms with Crippen LogP contribution in [-0.2, 0) is 11.2 Å². The molecular weight excluding hydrogens is 467 g/mol. The number of hydrogen-bond donors (Lipinski definition) is 0. The second kappa shape index (κ2) is 9.92. The Morgan fingerprint density at radius 2 is 1.68 bits per heavy atom. The zero-order valence-electron chi connectivity index (χ0n) is 21.9. The number of rotatable bonds is 4. The van der Waals surface area contributed by atoms with E-state index in [0.717, 1.165) is 47.7 Å². The highest BCUT2D eigenvalue weighted by molar-refractivity contribution is 5.91. The number of nitrogens with zero attached hydrogens (tertiary/aromatic N) is 6. The van der Waals surface area contributed by atoms with E-state index in [-0.39, 0.29) is 11.7 Å². The molecule has 1 saturated heterocycles. The van der Waals surface area contributed by atoms with Crippen molar-refractivity contribution >= 4 is 22.8 Å². The van der Waals surface area contributed by atoms with Crippen LogP contribution in [0.4, 0.5) is 10.2 Å². The second-order valence-electron chi connectivity index (χ2n) is 10.7. The topological polar surface area (TPSA) is 67.2 Å². The highest BCUT2D eigenvalue weighted by atomic mass is 19.1.